The van der Waals surface area contributed by atoms with E-state index in [4.69, 9.17) is 18.9 Å². The standard InChI is InChI=1S/C22H27NO5/c1-23-7-6-22-12-18(26-3)16(24)11-14(22)10-15(23)8-13-9-17(25-2)20(27-4)21(28-5)19(13)22/h9,11-12,15H,6-8,10H2,1-5H3. The quantitative estimate of drug-likeness (QED) is 0.794. The first-order valence-corrected chi connectivity index (χ1v) is 9.53. The number of carbonyl (C=O) groups excluding carboxylic acids is 1. The number of carbonyl (C=O) groups is 1. The topological polar surface area (TPSA) is 57.2 Å². The van der Waals surface area contributed by atoms with Gasteiger partial charge in [0, 0.05) is 17.0 Å². The number of hydrogen-bond donors (Lipinski definition) is 0. The van der Waals surface area contributed by atoms with E-state index in [0.717, 1.165) is 42.5 Å². The summed E-state index contributed by atoms with van der Waals surface area (Å²) in [5.74, 6) is 2.23. The Bertz CT molecular complexity index is 887. The SMILES string of the molecule is COC1=CC23CCN(C)C(CC2=CC1=O)Cc1cc(OC)c(OC)c(OC)c13. The average Bonchev–Trinajstić information content (AvgIpc) is 2.92. The molecule has 150 valence electrons. The fraction of sp³-hybridized carbons (Fsp3) is 0.500. The van der Waals surface area contributed by atoms with Gasteiger partial charge in [-0.15, -0.1) is 0 Å². The minimum atomic E-state index is -0.459. The van der Waals surface area contributed by atoms with Crippen LogP contribution in [-0.4, -0.2) is 58.8 Å². The van der Waals surface area contributed by atoms with E-state index in [1.165, 1.54) is 0 Å². The molecular weight excluding hydrogens is 358 g/mol. The number of benzene rings is 1. The van der Waals surface area contributed by atoms with Gasteiger partial charge < -0.3 is 23.8 Å². The van der Waals surface area contributed by atoms with Crippen molar-refractivity contribution in [3.63, 3.8) is 0 Å². The number of likely N-dealkylation sites (N-methyl/N-ethyl adjacent to an activating group) is 1. The summed E-state index contributed by atoms with van der Waals surface area (Å²) in [5.41, 5.74) is 2.89. The molecule has 0 radical (unpaired) electrons. The van der Waals surface area contributed by atoms with Crippen molar-refractivity contribution in [2.45, 2.75) is 30.7 Å². The lowest BCUT2D eigenvalue weighted by Gasteiger charge is -2.38. The molecule has 2 unspecified atom stereocenters. The fourth-order valence-electron chi connectivity index (χ4n) is 5.02. The maximum Gasteiger partial charge on any atom is 0.220 e. The molecule has 2 aliphatic carbocycles. The number of allylic oxidation sites excluding steroid dienone is 2. The molecule has 2 bridgehead atoms. The molecule has 6 nitrogen and oxygen atoms in total. The van der Waals surface area contributed by atoms with Crippen molar-refractivity contribution in [1.82, 2.24) is 4.90 Å². The van der Waals surface area contributed by atoms with E-state index in [0.29, 0.717) is 29.0 Å². The van der Waals surface area contributed by atoms with Gasteiger partial charge in [-0.2, -0.15) is 0 Å². The van der Waals surface area contributed by atoms with Crippen LogP contribution in [0.25, 0.3) is 0 Å². The molecule has 1 fully saturated rings. The summed E-state index contributed by atoms with van der Waals surface area (Å²) in [7, 11) is 8.62. The van der Waals surface area contributed by atoms with E-state index < -0.39 is 5.41 Å². The van der Waals surface area contributed by atoms with Gasteiger partial charge in [0.1, 0.15) is 0 Å². The lowest BCUT2D eigenvalue weighted by atomic mass is 9.67. The first-order chi connectivity index (χ1) is 13.5. The Morgan fingerprint density at radius 2 is 1.79 bits per heavy atom. The van der Waals surface area contributed by atoms with E-state index >= 15 is 0 Å². The van der Waals surface area contributed by atoms with Crippen molar-refractivity contribution in [3.05, 3.63) is 40.7 Å². The summed E-state index contributed by atoms with van der Waals surface area (Å²) >= 11 is 0. The van der Waals surface area contributed by atoms with E-state index in [-0.39, 0.29) is 5.78 Å². The van der Waals surface area contributed by atoms with Crippen LogP contribution < -0.4 is 14.2 Å². The predicted molar refractivity (Wildman–Crippen MR) is 105 cm³/mol. The molecule has 2 atom stereocenters. The second-order valence-corrected chi connectivity index (χ2v) is 7.69. The van der Waals surface area contributed by atoms with Gasteiger partial charge in [0.15, 0.2) is 17.3 Å². The minimum absolute atomic E-state index is 0.0701. The molecule has 1 aliphatic heterocycles. The van der Waals surface area contributed by atoms with Gasteiger partial charge in [-0.05, 0) is 62.2 Å². The van der Waals surface area contributed by atoms with Crippen molar-refractivity contribution >= 4 is 5.78 Å². The van der Waals surface area contributed by atoms with Crippen molar-refractivity contribution in [2.24, 2.45) is 0 Å². The summed E-state index contributed by atoms with van der Waals surface area (Å²) in [5, 5.41) is 0. The number of methoxy groups -OCH3 is 4. The molecule has 0 aromatic heterocycles. The number of hydrogen-bond acceptors (Lipinski definition) is 6. The predicted octanol–water partition coefficient (Wildman–Crippen LogP) is 2.64. The number of ketones is 1. The number of likely N-dealkylation sites (tertiary alicyclic amines) is 1. The van der Waals surface area contributed by atoms with E-state index in [2.05, 4.69) is 18.0 Å². The Kier molecular flexibility index (Phi) is 4.62. The van der Waals surface area contributed by atoms with Crippen LogP contribution in [0.15, 0.2) is 29.6 Å². The number of nitrogens with zero attached hydrogens (tertiary/aromatic N) is 1. The molecule has 1 heterocycles. The van der Waals surface area contributed by atoms with E-state index in [9.17, 15) is 4.79 Å². The van der Waals surface area contributed by atoms with Gasteiger partial charge >= 0.3 is 0 Å². The molecule has 28 heavy (non-hydrogen) atoms. The molecule has 1 aromatic rings. The Hall–Kier alpha value is -2.47. The van der Waals surface area contributed by atoms with Crippen molar-refractivity contribution in [3.8, 4) is 17.2 Å². The molecule has 1 aromatic carbocycles. The Balaban J connectivity index is 2.09. The third-order valence-corrected chi connectivity index (χ3v) is 6.47. The highest BCUT2D eigenvalue weighted by Gasteiger charge is 2.48. The third kappa shape index (κ3) is 2.54. The minimum Gasteiger partial charge on any atom is -0.493 e. The molecule has 6 heteroatoms. The molecule has 4 rings (SSSR count). The highest BCUT2D eigenvalue weighted by atomic mass is 16.5. The first-order valence-electron chi connectivity index (χ1n) is 9.53. The smallest absolute Gasteiger partial charge is 0.220 e. The zero-order valence-electron chi connectivity index (χ0n) is 17.1. The Morgan fingerprint density at radius 3 is 2.43 bits per heavy atom. The van der Waals surface area contributed by atoms with Gasteiger partial charge in [-0.1, -0.05) is 0 Å². The average molecular weight is 385 g/mol. The van der Waals surface area contributed by atoms with Crippen molar-refractivity contribution < 1.29 is 23.7 Å². The van der Waals surface area contributed by atoms with Gasteiger partial charge in [0.25, 0.3) is 0 Å². The molecule has 1 saturated heterocycles. The highest BCUT2D eigenvalue weighted by molar-refractivity contribution is 6.05. The molecule has 0 saturated carbocycles. The Labute approximate surface area is 165 Å². The molecule has 0 spiro atoms. The number of fused-ring (bicyclic) bond motifs is 2. The van der Waals surface area contributed by atoms with Gasteiger partial charge in [-0.3, -0.25) is 4.79 Å². The third-order valence-electron chi connectivity index (χ3n) is 6.47. The lowest BCUT2D eigenvalue weighted by Crippen LogP contribution is -2.36. The van der Waals surface area contributed by atoms with Crippen LogP contribution in [0.4, 0.5) is 0 Å². The largest absolute Gasteiger partial charge is 0.493 e. The monoisotopic (exact) mass is 385 g/mol. The zero-order valence-corrected chi connectivity index (χ0v) is 17.1. The lowest BCUT2D eigenvalue weighted by molar-refractivity contribution is -0.114. The molecular formula is C22H27NO5. The number of rotatable bonds is 4. The molecule has 3 aliphatic rings. The normalized spacial score (nSPS) is 26.3. The van der Waals surface area contributed by atoms with Crippen molar-refractivity contribution in [2.75, 3.05) is 42.0 Å². The molecule has 0 amide bonds. The van der Waals surface area contributed by atoms with Gasteiger partial charge in [0.05, 0.1) is 28.4 Å². The van der Waals surface area contributed by atoms with E-state index in [1.54, 1.807) is 34.5 Å². The second kappa shape index (κ2) is 6.85. The maximum atomic E-state index is 12.6. The van der Waals surface area contributed by atoms with Crippen LogP contribution in [0.1, 0.15) is 24.0 Å². The van der Waals surface area contributed by atoms with Crippen LogP contribution in [0.3, 0.4) is 0 Å². The zero-order chi connectivity index (χ0) is 20.1. The van der Waals surface area contributed by atoms with Crippen LogP contribution in [0, 0.1) is 0 Å². The van der Waals surface area contributed by atoms with Crippen LogP contribution >= 0.6 is 0 Å². The van der Waals surface area contributed by atoms with Gasteiger partial charge in [0.2, 0.25) is 11.5 Å². The fourth-order valence-corrected chi connectivity index (χ4v) is 5.02. The summed E-state index contributed by atoms with van der Waals surface area (Å²) in [4.78, 5) is 15.0. The van der Waals surface area contributed by atoms with Crippen molar-refractivity contribution in [1.29, 1.82) is 0 Å². The van der Waals surface area contributed by atoms with Crippen LogP contribution in [-0.2, 0) is 21.4 Å². The molecule has 0 N–H and O–H groups in total. The summed E-state index contributed by atoms with van der Waals surface area (Å²) in [6.45, 7) is 0.917. The summed E-state index contributed by atoms with van der Waals surface area (Å²) in [6.07, 6.45) is 6.30. The van der Waals surface area contributed by atoms with Crippen LogP contribution in [0.5, 0.6) is 17.2 Å². The summed E-state index contributed by atoms with van der Waals surface area (Å²) < 4.78 is 22.6. The Morgan fingerprint density at radius 1 is 1.04 bits per heavy atom. The first kappa shape index (κ1) is 18.9. The second-order valence-electron chi connectivity index (χ2n) is 7.69. The highest BCUT2D eigenvalue weighted by Crippen LogP contribution is 2.56. The van der Waals surface area contributed by atoms with E-state index in [1.807, 2.05) is 6.08 Å². The van der Waals surface area contributed by atoms with Crippen LogP contribution in [0.2, 0.25) is 0 Å². The van der Waals surface area contributed by atoms with Gasteiger partial charge in [-0.25, -0.2) is 0 Å². The number of ether oxygens (including phenoxy) is 4. The summed E-state index contributed by atoms with van der Waals surface area (Å²) in [6, 6.07) is 2.37. The maximum absolute atomic E-state index is 12.6.